The van der Waals surface area contributed by atoms with Crippen molar-refractivity contribution in [1.82, 2.24) is 15.0 Å². The molecule has 2 aliphatic rings. The first kappa shape index (κ1) is 25.7. The molecule has 2 saturated heterocycles. The maximum atomic E-state index is 15.0. The van der Waals surface area contributed by atoms with Gasteiger partial charge in [0, 0.05) is 62.0 Å². The first-order valence-corrected chi connectivity index (χ1v) is 12.5. The molecule has 188 valence electrons. The summed E-state index contributed by atoms with van der Waals surface area (Å²) >= 11 is 6.24. The maximum Gasteiger partial charge on any atom is 0.220 e. The van der Waals surface area contributed by atoms with Crippen LogP contribution in [0.3, 0.4) is 0 Å². The predicted molar refractivity (Wildman–Crippen MR) is 135 cm³/mol. The number of pyridine rings is 1. The number of halogens is 2. The number of ether oxygens (including phenoxy) is 2. The van der Waals surface area contributed by atoms with Crippen molar-refractivity contribution in [2.75, 3.05) is 32.2 Å². The second kappa shape index (κ2) is 11.1. The molecule has 2 fully saturated rings. The Morgan fingerprint density at radius 3 is 2.31 bits per heavy atom. The van der Waals surface area contributed by atoms with E-state index in [4.69, 9.17) is 26.8 Å². The van der Waals surface area contributed by atoms with Crippen LogP contribution in [0.2, 0.25) is 5.02 Å². The Kier molecular flexibility index (Phi) is 8.16. The molecule has 35 heavy (non-hydrogen) atoms. The number of aromatic nitrogens is 3. The van der Waals surface area contributed by atoms with Gasteiger partial charge in [0.2, 0.25) is 5.95 Å². The van der Waals surface area contributed by atoms with Crippen LogP contribution in [-0.2, 0) is 15.1 Å². The summed E-state index contributed by atoms with van der Waals surface area (Å²) in [5.74, 6) is -0.404. The SMILES string of the molecule is C1CCOCC1.CC(C)c1c(C2(O)CCOCC2)cnc2c(F)cc(-c3nc(N)ncc3Cl)cc12. The van der Waals surface area contributed by atoms with Gasteiger partial charge >= 0.3 is 0 Å². The summed E-state index contributed by atoms with van der Waals surface area (Å²) in [7, 11) is 0. The van der Waals surface area contributed by atoms with E-state index in [-0.39, 0.29) is 22.4 Å². The molecule has 0 saturated carbocycles. The summed E-state index contributed by atoms with van der Waals surface area (Å²) in [6.07, 6.45) is 7.86. The molecule has 0 aliphatic carbocycles. The van der Waals surface area contributed by atoms with Crippen LogP contribution in [0.5, 0.6) is 0 Å². The number of benzene rings is 1. The summed E-state index contributed by atoms with van der Waals surface area (Å²) < 4.78 is 25.5. The fourth-order valence-corrected chi connectivity index (χ4v) is 4.86. The van der Waals surface area contributed by atoms with Crippen LogP contribution in [0.25, 0.3) is 22.2 Å². The quantitative estimate of drug-likeness (QED) is 0.495. The van der Waals surface area contributed by atoms with Gasteiger partial charge in [0.25, 0.3) is 0 Å². The number of fused-ring (bicyclic) bond motifs is 1. The first-order chi connectivity index (χ1) is 16.8. The molecule has 7 nitrogen and oxygen atoms in total. The standard InChI is InChI=1S/C21H22ClFN4O2.C5H10O/c1-11(2)17-13-7-12(18-15(22)10-26-20(24)27-18)8-16(23)19(13)25-9-14(17)21(28)3-5-29-6-4-21;1-2-4-6-5-3-1/h7-11,28H,3-6H2,1-2H3,(H2,24,26,27);1-5H2. The van der Waals surface area contributed by atoms with Gasteiger partial charge in [-0.2, -0.15) is 0 Å². The van der Waals surface area contributed by atoms with E-state index in [0.717, 1.165) is 18.8 Å². The molecule has 5 rings (SSSR count). The lowest BCUT2D eigenvalue weighted by Crippen LogP contribution is -2.34. The van der Waals surface area contributed by atoms with Gasteiger partial charge in [0.1, 0.15) is 11.3 Å². The lowest BCUT2D eigenvalue weighted by molar-refractivity contribution is -0.0686. The van der Waals surface area contributed by atoms with E-state index in [1.165, 1.54) is 31.5 Å². The summed E-state index contributed by atoms with van der Waals surface area (Å²) in [5.41, 5.74) is 7.30. The zero-order valence-corrected chi connectivity index (χ0v) is 20.9. The first-order valence-electron chi connectivity index (χ1n) is 12.1. The molecule has 3 N–H and O–H groups in total. The Bertz CT molecular complexity index is 1170. The number of nitrogens with two attached hydrogens (primary N) is 1. The Hall–Kier alpha value is -2.39. The fraction of sp³-hybridized carbons (Fsp3) is 0.500. The van der Waals surface area contributed by atoms with E-state index in [9.17, 15) is 5.11 Å². The average Bonchev–Trinajstić information content (AvgIpc) is 2.86. The zero-order chi connectivity index (χ0) is 25.0. The number of anilines is 1. The lowest BCUT2D eigenvalue weighted by atomic mass is 9.80. The average molecular weight is 503 g/mol. The number of rotatable bonds is 3. The van der Waals surface area contributed by atoms with Crippen LogP contribution < -0.4 is 5.73 Å². The summed E-state index contributed by atoms with van der Waals surface area (Å²) in [6.45, 7) is 6.97. The molecule has 1 aromatic carbocycles. The molecular formula is C26H32ClFN4O3. The van der Waals surface area contributed by atoms with Crippen molar-refractivity contribution in [3.8, 4) is 11.3 Å². The van der Waals surface area contributed by atoms with Crippen molar-refractivity contribution >= 4 is 28.5 Å². The third kappa shape index (κ3) is 5.72. The Labute approximate surface area is 209 Å². The molecule has 9 heteroatoms. The molecular weight excluding hydrogens is 471 g/mol. The van der Waals surface area contributed by atoms with E-state index in [0.29, 0.717) is 48.3 Å². The molecule has 0 spiro atoms. The van der Waals surface area contributed by atoms with Crippen LogP contribution in [0.4, 0.5) is 10.3 Å². The summed E-state index contributed by atoms with van der Waals surface area (Å²) in [4.78, 5) is 12.4. The van der Waals surface area contributed by atoms with Gasteiger partial charge in [-0.15, -0.1) is 0 Å². The van der Waals surface area contributed by atoms with Crippen molar-refractivity contribution in [3.05, 3.63) is 46.5 Å². The van der Waals surface area contributed by atoms with Crippen molar-refractivity contribution in [2.24, 2.45) is 0 Å². The number of hydrogen-bond donors (Lipinski definition) is 2. The predicted octanol–water partition coefficient (Wildman–Crippen LogP) is 5.37. The molecule has 0 unspecified atom stereocenters. The topological polar surface area (TPSA) is 103 Å². The van der Waals surface area contributed by atoms with Gasteiger partial charge < -0.3 is 20.3 Å². The van der Waals surface area contributed by atoms with E-state index in [1.54, 1.807) is 12.3 Å². The van der Waals surface area contributed by atoms with Crippen LogP contribution in [0, 0.1) is 5.82 Å². The molecule has 0 atom stereocenters. The molecule has 0 bridgehead atoms. The smallest absolute Gasteiger partial charge is 0.220 e. The molecule has 0 radical (unpaired) electrons. The highest BCUT2D eigenvalue weighted by atomic mass is 35.5. The zero-order valence-electron chi connectivity index (χ0n) is 20.2. The molecule has 0 amide bonds. The Morgan fingerprint density at radius 1 is 1.03 bits per heavy atom. The van der Waals surface area contributed by atoms with Crippen LogP contribution in [0.1, 0.15) is 63.0 Å². The van der Waals surface area contributed by atoms with E-state index >= 15 is 4.39 Å². The monoisotopic (exact) mass is 502 g/mol. The highest BCUT2D eigenvalue weighted by Gasteiger charge is 2.35. The Morgan fingerprint density at radius 2 is 1.71 bits per heavy atom. The van der Waals surface area contributed by atoms with E-state index in [1.807, 2.05) is 13.8 Å². The van der Waals surface area contributed by atoms with Gasteiger partial charge in [-0.25, -0.2) is 14.4 Å². The number of aliphatic hydroxyl groups is 1. The summed E-state index contributed by atoms with van der Waals surface area (Å²) in [5, 5.41) is 12.2. The van der Waals surface area contributed by atoms with Gasteiger partial charge in [0.15, 0.2) is 0 Å². The minimum Gasteiger partial charge on any atom is -0.385 e. The second-order valence-corrected chi connectivity index (χ2v) is 9.74. The molecule has 2 aromatic heterocycles. The second-order valence-electron chi connectivity index (χ2n) is 9.34. The van der Waals surface area contributed by atoms with Crippen molar-refractivity contribution < 1.29 is 19.0 Å². The highest BCUT2D eigenvalue weighted by molar-refractivity contribution is 6.33. The van der Waals surface area contributed by atoms with Crippen LogP contribution in [0.15, 0.2) is 24.5 Å². The Balaban J connectivity index is 0.000000421. The molecule has 3 aromatic rings. The third-order valence-corrected chi connectivity index (χ3v) is 6.76. The third-order valence-electron chi connectivity index (χ3n) is 6.48. The van der Waals surface area contributed by atoms with Gasteiger partial charge in [-0.1, -0.05) is 25.4 Å². The van der Waals surface area contributed by atoms with Crippen molar-refractivity contribution in [1.29, 1.82) is 0 Å². The van der Waals surface area contributed by atoms with E-state index in [2.05, 4.69) is 15.0 Å². The van der Waals surface area contributed by atoms with Gasteiger partial charge in [0.05, 0.1) is 22.5 Å². The largest absolute Gasteiger partial charge is 0.385 e. The molecule has 2 aliphatic heterocycles. The lowest BCUT2D eigenvalue weighted by Gasteiger charge is -2.35. The minimum absolute atomic E-state index is 0.0305. The van der Waals surface area contributed by atoms with Gasteiger partial charge in [-0.3, -0.25) is 4.98 Å². The van der Waals surface area contributed by atoms with Crippen molar-refractivity contribution in [2.45, 2.75) is 57.5 Å². The highest BCUT2D eigenvalue weighted by Crippen LogP contribution is 2.41. The summed E-state index contributed by atoms with van der Waals surface area (Å²) in [6, 6.07) is 3.15. The van der Waals surface area contributed by atoms with E-state index < -0.39 is 11.4 Å². The van der Waals surface area contributed by atoms with Crippen molar-refractivity contribution in [3.63, 3.8) is 0 Å². The number of nitrogen functional groups attached to an aromatic ring is 1. The normalized spacial score (nSPS) is 17.8. The molecule has 4 heterocycles. The number of hydrogen-bond acceptors (Lipinski definition) is 7. The van der Waals surface area contributed by atoms with Gasteiger partial charge in [-0.05, 0) is 42.9 Å². The number of nitrogens with zero attached hydrogens (tertiary/aromatic N) is 3. The maximum absolute atomic E-state index is 15.0. The fourth-order valence-electron chi connectivity index (χ4n) is 4.66. The van der Waals surface area contributed by atoms with Crippen LogP contribution >= 0.6 is 11.6 Å². The minimum atomic E-state index is -1.05. The van der Waals surface area contributed by atoms with Crippen LogP contribution in [-0.4, -0.2) is 46.5 Å².